The average Bonchev–Trinajstić information content (AvgIpc) is 3.14. The molecule has 0 radical (unpaired) electrons. The number of benzene rings is 4. The second kappa shape index (κ2) is 7.87. The molecule has 0 unspecified atom stereocenters. The van der Waals surface area contributed by atoms with Crippen LogP contribution < -0.4 is 0 Å². The molecule has 8 atom stereocenters. The molecule has 1 aliphatic carbocycles. The molecule has 4 heterocycles. The van der Waals surface area contributed by atoms with Crippen molar-refractivity contribution in [1.29, 1.82) is 0 Å². The van der Waals surface area contributed by atoms with Crippen LogP contribution in [0.25, 0.3) is 32.3 Å². The molecule has 37 heavy (non-hydrogen) atoms. The van der Waals surface area contributed by atoms with Gasteiger partial charge < -0.3 is 14.2 Å². The van der Waals surface area contributed by atoms with Crippen LogP contribution in [0, 0.1) is 23.7 Å². The van der Waals surface area contributed by atoms with Crippen LogP contribution in [-0.4, -0.2) is 24.0 Å². The van der Waals surface area contributed by atoms with E-state index in [1.54, 1.807) is 0 Å². The Kier molecular flexibility index (Phi) is 4.83. The van der Waals surface area contributed by atoms with E-state index in [-0.39, 0.29) is 18.1 Å². The fraction of sp³-hybridized carbons (Fsp3) is 0.500. The van der Waals surface area contributed by atoms with Gasteiger partial charge in [0.25, 0.3) is 0 Å². The van der Waals surface area contributed by atoms with Crippen LogP contribution in [0.5, 0.6) is 0 Å². The highest BCUT2D eigenvalue weighted by Gasteiger charge is 2.69. The second-order valence-corrected chi connectivity index (χ2v) is 12.2. The van der Waals surface area contributed by atoms with Crippen LogP contribution in [0.4, 0.5) is 0 Å². The summed E-state index contributed by atoms with van der Waals surface area (Å²) in [4.78, 5) is 12.3. The first-order valence-corrected chi connectivity index (χ1v) is 13.9. The highest BCUT2D eigenvalue weighted by atomic mass is 17.3. The summed E-state index contributed by atoms with van der Waals surface area (Å²) in [5, 5.41) is 7.70. The van der Waals surface area contributed by atoms with E-state index >= 15 is 0 Å². The molecule has 0 amide bonds. The maximum Gasteiger partial charge on any atom is 0.201 e. The summed E-state index contributed by atoms with van der Waals surface area (Å²) in [6.45, 7) is 7.06. The maximum absolute atomic E-state index is 6.67. The summed E-state index contributed by atoms with van der Waals surface area (Å²) in [6.07, 6.45) is 3.26. The van der Waals surface area contributed by atoms with Gasteiger partial charge in [-0.3, -0.25) is 0 Å². The van der Waals surface area contributed by atoms with Crippen molar-refractivity contribution >= 4 is 32.3 Å². The molecule has 0 aromatic heterocycles. The van der Waals surface area contributed by atoms with E-state index in [9.17, 15) is 0 Å². The predicted molar refractivity (Wildman–Crippen MR) is 142 cm³/mol. The molecule has 5 nitrogen and oxygen atoms in total. The Labute approximate surface area is 217 Å². The molecule has 5 fully saturated rings. The van der Waals surface area contributed by atoms with Gasteiger partial charge in [0.1, 0.15) is 0 Å². The third-order valence-corrected chi connectivity index (χ3v) is 10.1. The van der Waals surface area contributed by atoms with E-state index in [1.807, 2.05) is 6.92 Å². The molecule has 1 spiro atoms. The standard InChI is InChI=1S/C32H34O5/c1-18-10-13-26-19(2)29(34-30-32(26)25(18)14-15-31(3,35-30)36-37-32)33-17-23-16-22-8-4-6-20-11-12-21-7-5-9-24(23)28(21)27(20)22/h4-9,11-12,16,18-19,25-26,29-30H,10,13-15,17H2,1-3H3/t18-,19-,25+,26+,29+,30-,31+,32-/m1/s1. The molecule has 4 aliphatic heterocycles. The van der Waals surface area contributed by atoms with Gasteiger partial charge >= 0.3 is 0 Å². The number of hydrogen-bond acceptors (Lipinski definition) is 5. The molecular formula is C32H34O5. The topological polar surface area (TPSA) is 46.2 Å². The smallest absolute Gasteiger partial charge is 0.201 e. The van der Waals surface area contributed by atoms with E-state index in [4.69, 9.17) is 24.0 Å². The molecule has 1 saturated carbocycles. The van der Waals surface area contributed by atoms with E-state index in [0.29, 0.717) is 18.4 Å². The largest absolute Gasteiger partial charge is 0.348 e. The van der Waals surface area contributed by atoms with Crippen molar-refractivity contribution < 1.29 is 24.0 Å². The fourth-order valence-corrected chi connectivity index (χ4v) is 8.19. The predicted octanol–water partition coefficient (Wildman–Crippen LogP) is 7.31. The van der Waals surface area contributed by atoms with Crippen molar-refractivity contribution in [1.82, 2.24) is 0 Å². The van der Waals surface area contributed by atoms with Gasteiger partial charge in [-0.1, -0.05) is 62.4 Å². The number of rotatable bonds is 3. The third kappa shape index (κ3) is 3.09. The minimum absolute atomic E-state index is 0.164. The molecular weight excluding hydrogens is 464 g/mol. The molecule has 0 N–H and O–H groups in total. The molecule has 9 rings (SSSR count). The fourth-order valence-electron chi connectivity index (χ4n) is 8.19. The van der Waals surface area contributed by atoms with Crippen molar-refractivity contribution in [3.8, 4) is 0 Å². The van der Waals surface area contributed by atoms with Gasteiger partial charge in [-0.25, -0.2) is 9.78 Å². The lowest BCUT2D eigenvalue weighted by Crippen LogP contribution is -2.70. The zero-order valence-electron chi connectivity index (χ0n) is 21.7. The number of ether oxygens (including phenoxy) is 3. The Morgan fingerprint density at radius 2 is 1.65 bits per heavy atom. The molecule has 4 saturated heterocycles. The monoisotopic (exact) mass is 498 g/mol. The lowest BCUT2D eigenvalue weighted by molar-refractivity contribution is -0.577. The number of fused-ring (bicyclic) bond motifs is 2. The van der Waals surface area contributed by atoms with Crippen molar-refractivity contribution in [2.45, 2.75) is 77.0 Å². The van der Waals surface area contributed by atoms with Gasteiger partial charge in [0.05, 0.1) is 6.61 Å². The summed E-state index contributed by atoms with van der Waals surface area (Å²) in [5.74, 6) is 0.567. The van der Waals surface area contributed by atoms with Crippen LogP contribution >= 0.6 is 0 Å². The van der Waals surface area contributed by atoms with Crippen LogP contribution in [-0.2, 0) is 30.6 Å². The lowest BCUT2D eigenvalue weighted by Gasteiger charge is -2.60. The van der Waals surface area contributed by atoms with Gasteiger partial charge in [-0.05, 0) is 82.0 Å². The molecule has 2 bridgehead atoms. The third-order valence-electron chi connectivity index (χ3n) is 10.1. The first kappa shape index (κ1) is 22.7. The first-order valence-electron chi connectivity index (χ1n) is 13.9. The van der Waals surface area contributed by atoms with Crippen molar-refractivity contribution in [3.05, 3.63) is 60.2 Å². The molecule has 5 heteroatoms. The van der Waals surface area contributed by atoms with E-state index in [0.717, 1.165) is 19.3 Å². The van der Waals surface area contributed by atoms with Crippen LogP contribution in [0.3, 0.4) is 0 Å². The quantitative estimate of drug-likeness (QED) is 0.219. The van der Waals surface area contributed by atoms with E-state index in [2.05, 4.69) is 68.4 Å². The zero-order valence-corrected chi connectivity index (χ0v) is 21.7. The Bertz CT molecular complexity index is 1500. The first-order chi connectivity index (χ1) is 18.0. The second-order valence-electron chi connectivity index (χ2n) is 12.2. The van der Waals surface area contributed by atoms with Gasteiger partial charge in [-0.15, -0.1) is 0 Å². The molecule has 4 aromatic rings. The van der Waals surface area contributed by atoms with E-state index in [1.165, 1.54) is 44.3 Å². The highest BCUT2D eigenvalue weighted by Crippen LogP contribution is 2.60. The summed E-state index contributed by atoms with van der Waals surface area (Å²) in [5.41, 5.74) is 0.634. The van der Waals surface area contributed by atoms with Gasteiger partial charge in [0, 0.05) is 18.3 Å². The van der Waals surface area contributed by atoms with Crippen LogP contribution in [0.1, 0.15) is 52.0 Å². The normalized spacial score (nSPS) is 39.3. The molecule has 5 aliphatic rings. The molecule has 192 valence electrons. The molecule has 4 aromatic carbocycles. The zero-order chi connectivity index (χ0) is 24.9. The number of hydrogen-bond donors (Lipinski definition) is 0. The van der Waals surface area contributed by atoms with E-state index < -0.39 is 17.7 Å². The Balaban J connectivity index is 1.15. The Morgan fingerprint density at radius 1 is 0.865 bits per heavy atom. The SMILES string of the molecule is C[C@H]1[C@@H](OCc2cc3cccc4ccc5cccc2c5c43)O[C@@H]2O[C@]3(C)CC[C@H]4[C@H](C)CC[C@@H]1[C@@]24OO3. The summed E-state index contributed by atoms with van der Waals surface area (Å²) >= 11 is 0. The van der Waals surface area contributed by atoms with Gasteiger partial charge in [-0.2, -0.15) is 0 Å². The maximum atomic E-state index is 6.67. The van der Waals surface area contributed by atoms with Crippen LogP contribution in [0.15, 0.2) is 54.6 Å². The summed E-state index contributed by atoms with van der Waals surface area (Å²) in [6, 6.07) is 19.8. The van der Waals surface area contributed by atoms with Gasteiger partial charge in [0.15, 0.2) is 18.2 Å². The van der Waals surface area contributed by atoms with Crippen molar-refractivity contribution in [2.24, 2.45) is 23.7 Å². The Morgan fingerprint density at radius 3 is 2.51 bits per heavy atom. The van der Waals surface area contributed by atoms with Gasteiger partial charge in [0.2, 0.25) is 5.79 Å². The summed E-state index contributed by atoms with van der Waals surface area (Å²) < 4.78 is 19.8. The van der Waals surface area contributed by atoms with Crippen molar-refractivity contribution in [3.63, 3.8) is 0 Å². The average molecular weight is 499 g/mol. The summed E-state index contributed by atoms with van der Waals surface area (Å²) in [7, 11) is 0. The minimum atomic E-state index is -0.771. The lowest BCUT2D eigenvalue weighted by atomic mass is 9.58. The highest BCUT2D eigenvalue weighted by molar-refractivity contribution is 6.23. The van der Waals surface area contributed by atoms with Crippen LogP contribution in [0.2, 0.25) is 0 Å². The van der Waals surface area contributed by atoms with Crippen molar-refractivity contribution in [2.75, 3.05) is 0 Å². The Hall–Kier alpha value is -2.28. The minimum Gasteiger partial charge on any atom is -0.348 e.